The summed E-state index contributed by atoms with van der Waals surface area (Å²) in [6, 6.07) is 11.8. The first-order chi connectivity index (χ1) is 10.2. The van der Waals surface area contributed by atoms with E-state index in [2.05, 4.69) is 0 Å². The van der Waals surface area contributed by atoms with E-state index in [-0.39, 0.29) is 12.2 Å². The second-order valence-corrected chi connectivity index (χ2v) is 4.85. The minimum Gasteiger partial charge on any atom is -0.487 e. The van der Waals surface area contributed by atoms with Gasteiger partial charge in [0.15, 0.2) is 0 Å². The van der Waals surface area contributed by atoms with Crippen molar-refractivity contribution in [1.29, 1.82) is 5.26 Å². The molecule has 0 aliphatic heterocycles. The van der Waals surface area contributed by atoms with Gasteiger partial charge in [0.25, 0.3) is 0 Å². The topological polar surface area (TPSA) is 59.0 Å². The molecule has 0 unspecified atom stereocenters. The second kappa shape index (κ2) is 7.07. The Morgan fingerprint density at radius 3 is 2.62 bits per heavy atom. The van der Waals surface area contributed by atoms with Gasteiger partial charge in [0, 0.05) is 5.56 Å². The predicted molar refractivity (Wildman–Crippen MR) is 79.7 cm³/mol. The molecule has 0 aliphatic carbocycles. The van der Waals surface area contributed by atoms with E-state index in [0.717, 1.165) is 5.56 Å². The first kappa shape index (κ1) is 15.3. The van der Waals surface area contributed by atoms with Gasteiger partial charge in [-0.1, -0.05) is 35.9 Å². The van der Waals surface area contributed by atoms with E-state index >= 15 is 0 Å². The minimum absolute atomic E-state index is 0.00237. The number of hydrogen-bond donors (Lipinski definition) is 1. The molecule has 0 radical (unpaired) electrons. The van der Waals surface area contributed by atoms with Gasteiger partial charge in [-0.15, -0.1) is 0 Å². The number of nitriles is 1. The van der Waals surface area contributed by atoms with Crippen LogP contribution in [0.3, 0.4) is 0 Å². The highest BCUT2D eigenvalue weighted by molar-refractivity contribution is 6.32. The Hall–Kier alpha value is -2.09. The smallest absolute Gasteiger partial charge is 0.147 e. The standard InChI is InChI=1S/C16H14ClFN2O/c17-14-6-2-3-11(7-8-19)16(14)21-10-13-5-1-4-12(9-20)15(13)18/h1-6H,7-8,10,19H2. The van der Waals surface area contributed by atoms with Crippen LogP contribution in [0.4, 0.5) is 4.39 Å². The molecule has 0 amide bonds. The summed E-state index contributed by atoms with van der Waals surface area (Å²) in [5.74, 6) is -0.0567. The summed E-state index contributed by atoms with van der Waals surface area (Å²) < 4.78 is 19.6. The van der Waals surface area contributed by atoms with Gasteiger partial charge in [-0.2, -0.15) is 5.26 Å². The van der Waals surface area contributed by atoms with Gasteiger partial charge >= 0.3 is 0 Å². The third-order valence-corrected chi connectivity index (χ3v) is 3.33. The summed E-state index contributed by atoms with van der Waals surface area (Å²) in [4.78, 5) is 0. The Morgan fingerprint density at radius 1 is 1.19 bits per heavy atom. The Bertz CT molecular complexity index is 682. The highest BCUT2D eigenvalue weighted by Crippen LogP contribution is 2.30. The van der Waals surface area contributed by atoms with Gasteiger partial charge < -0.3 is 10.5 Å². The molecule has 2 rings (SSSR count). The van der Waals surface area contributed by atoms with E-state index in [1.807, 2.05) is 12.1 Å². The van der Waals surface area contributed by atoms with Crippen molar-refractivity contribution in [2.75, 3.05) is 6.54 Å². The van der Waals surface area contributed by atoms with Crippen LogP contribution in [-0.4, -0.2) is 6.54 Å². The molecule has 3 nitrogen and oxygen atoms in total. The van der Waals surface area contributed by atoms with Crippen LogP contribution in [0, 0.1) is 17.1 Å². The molecular weight excluding hydrogens is 291 g/mol. The van der Waals surface area contributed by atoms with Crippen molar-refractivity contribution in [2.45, 2.75) is 13.0 Å². The van der Waals surface area contributed by atoms with Gasteiger partial charge in [0.1, 0.15) is 24.2 Å². The fraction of sp³-hybridized carbons (Fsp3) is 0.188. The summed E-state index contributed by atoms with van der Waals surface area (Å²) in [5.41, 5.74) is 6.74. The van der Waals surface area contributed by atoms with E-state index in [1.165, 1.54) is 6.07 Å². The van der Waals surface area contributed by atoms with Crippen molar-refractivity contribution < 1.29 is 9.13 Å². The number of ether oxygens (including phenoxy) is 1. The molecular formula is C16H14ClFN2O. The van der Waals surface area contributed by atoms with Crippen LogP contribution in [0.5, 0.6) is 5.75 Å². The Balaban J connectivity index is 2.23. The number of hydrogen-bond acceptors (Lipinski definition) is 3. The lowest BCUT2D eigenvalue weighted by atomic mass is 10.1. The molecule has 5 heteroatoms. The molecule has 0 heterocycles. The Labute approximate surface area is 127 Å². The summed E-state index contributed by atoms with van der Waals surface area (Å²) in [6.07, 6.45) is 0.622. The van der Waals surface area contributed by atoms with E-state index in [1.54, 1.807) is 24.3 Å². The Morgan fingerprint density at radius 2 is 1.90 bits per heavy atom. The summed E-state index contributed by atoms with van der Waals surface area (Å²) in [7, 11) is 0. The molecule has 2 aromatic rings. The largest absolute Gasteiger partial charge is 0.487 e. The third-order valence-electron chi connectivity index (χ3n) is 3.03. The van der Waals surface area contributed by atoms with Crippen LogP contribution in [0.15, 0.2) is 36.4 Å². The lowest BCUT2D eigenvalue weighted by Crippen LogP contribution is -2.06. The highest BCUT2D eigenvalue weighted by atomic mass is 35.5. The van der Waals surface area contributed by atoms with Crippen molar-refractivity contribution in [2.24, 2.45) is 5.73 Å². The number of rotatable bonds is 5. The molecule has 0 atom stereocenters. The summed E-state index contributed by atoms with van der Waals surface area (Å²) >= 11 is 6.12. The van der Waals surface area contributed by atoms with Gasteiger partial charge in [-0.25, -0.2) is 4.39 Å². The van der Waals surface area contributed by atoms with Crippen molar-refractivity contribution in [3.8, 4) is 11.8 Å². The summed E-state index contributed by atoms with van der Waals surface area (Å²) in [6.45, 7) is 0.470. The zero-order chi connectivity index (χ0) is 15.2. The van der Waals surface area contributed by atoms with E-state index in [4.69, 9.17) is 27.3 Å². The first-order valence-electron chi connectivity index (χ1n) is 6.45. The molecule has 0 aromatic heterocycles. The van der Waals surface area contributed by atoms with Gasteiger partial charge in [-0.3, -0.25) is 0 Å². The highest BCUT2D eigenvalue weighted by Gasteiger charge is 2.11. The Kier molecular flexibility index (Phi) is 5.15. The quantitative estimate of drug-likeness (QED) is 0.920. The molecule has 0 spiro atoms. The number of para-hydroxylation sites is 1. The average molecular weight is 305 g/mol. The molecule has 0 saturated carbocycles. The minimum atomic E-state index is -0.563. The fourth-order valence-electron chi connectivity index (χ4n) is 2.00. The van der Waals surface area contributed by atoms with Crippen LogP contribution < -0.4 is 10.5 Å². The van der Waals surface area contributed by atoms with Crippen LogP contribution in [0.25, 0.3) is 0 Å². The van der Waals surface area contributed by atoms with Gasteiger partial charge in [0.2, 0.25) is 0 Å². The van der Waals surface area contributed by atoms with Crippen LogP contribution in [0.2, 0.25) is 5.02 Å². The molecule has 2 aromatic carbocycles. The first-order valence-corrected chi connectivity index (χ1v) is 6.83. The average Bonchev–Trinajstić information content (AvgIpc) is 2.48. The molecule has 0 aliphatic rings. The lowest BCUT2D eigenvalue weighted by Gasteiger charge is -2.13. The van der Waals surface area contributed by atoms with Crippen molar-refractivity contribution >= 4 is 11.6 Å². The zero-order valence-corrected chi connectivity index (χ0v) is 12.0. The normalized spacial score (nSPS) is 10.2. The lowest BCUT2D eigenvalue weighted by molar-refractivity contribution is 0.297. The van der Waals surface area contributed by atoms with E-state index < -0.39 is 5.82 Å². The predicted octanol–water partition coefficient (Wildman–Crippen LogP) is 3.43. The number of benzene rings is 2. The molecule has 0 fully saturated rings. The zero-order valence-electron chi connectivity index (χ0n) is 11.3. The maximum absolute atomic E-state index is 14.0. The molecule has 0 saturated heterocycles. The van der Waals surface area contributed by atoms with Crippen molar-refractivity contribution in [1.82, 2.24) is 0 Å². The summed E-state index contributed by atoms with van der Waals surface area (Å²) in [5, 5.41) is 9.28. The molecule has 2 N–H and O–H groups in total. The molecule has 0 bridgehead atoms. The van der Waals surface area contributed by atoms with Crippen molar-refractivity contribution in [3.05, 3.63) is 63.9 Å². The molecule has 21 heavy (non-hydrogen) atoms. The van der Waals surface area contributed by atoms with E-state index in [0.29, 0.717) is 29.3 Å². The monoisotopic (exact) mass is 304 g/mol. The molecule has 108 valence electrons. The number of nitrogens with zero attached hydrogens (tertiary/aromatic N) is 1. The SMILES string of the molecule is N#Cc1cccc(COc2c(Cl)cccc2CCN)c1F. The van der Waals surface area contributed by atoms with E-state index in [9.17, 15) is 4.39 Å². The van der Waals surface area contributed by atoms with Crippen LogP contribution in [-0.2, 0) is 13.0 Å². The fourth-order valence-corrected chi connectivity index (χ4v) is 2.24. The third kappa shape index (κ3) is 3.52. The van der Waals surface area contributed by atoms with Gasteiger partial charge in [0.05, 0.1) is 10.6 Å². The second-order valence-electron chi connectivity index (χ2n) is 4.45. The maximum Gasteiger partial charge on any atom is 0.147 e. The number of nitrogens with two attached hydrogens (primary N) is 1. The van der Waals surface area contributed by atoms with Gasteiger partial charge in [-0.05, 0) is 30.7 Å². The van der Waals surface area contributed by atoms with Crippen LogP contribution in [0.1, 0.15) is 16.7 Å². The van der Waals surface area contributed by atoms with Crippen LogP contribution >= 0.6 is 11.6 Å². The maximum atomic E-state index is 14.0. The number of halogens is 2. The van der Waals surface area contributed by atoms with Crippen molar-refractivity contribution in [3.63, 3.8) is 0 Å².